The monoisotopic (exact) mass is 536 g/mol. The second-order valence-electron chi connectivity index (χ2n) is 11.8. The topological polar surface area (TPSA) is 127 Å². The van der Waals surface area contributed by atoms with Crippen LogP contribution in [0.2, 0.25) is 0 Å². The highest BCUT2D eigenvalue weighted by Gasteiger charge is 2.78. The lowest BCUT2D eigenvalue weighted by Gasteiger charge is -2.70. The summed E-state index contributed by atoms with van der Waals surface area (Å²) in [7, 11) is 3.04. The first-order chi connectivity index (χ1) is 17.6. The summed E-state index contributed by atoms with van der Waals surface area (Å²) in [5, 5.41) is 13.0. The molecule has 4 aliphatic rings. The van der Waals surface area contributed by atoms with Crippen LogP contribution < -0.4 is 0 Å². The summed E-state index contributed by atoms with van der Waals surface area (Å²) in [6, 6.07) is 0. The van der Waals surface area contributed by atoms with Crippen LogP contribution in [0.15, 0.2) is 23.8 Å². The molecule has 0 saturated heterocycles. The van der Waals surface area contributed by atoms with E-state index in [1.165, 1.54) is 35.0 Å². The molecule has 0 spiro atoms. The maximum absolute atomic E-state index is 13.0. The second kappa shape index (κ2) is 9.43. The minimum Gasteiger partial charge on any atom is -0.462 e. The minimum absolute atomic E-state index is 0.218. The number of rotatable bonds is 5. The summed E-state index contributed by atoms with van der Waals surface area (Å²) in [5.41, 5.74) is -2.64. The summed E-state index contributed by atoms with van der Waals surface area (Å²) in [6.07, 6.45) is -0.873. The molecule has 0 bridgehead atoms. The zero-order valence-electron chi connectivity index (χ0n) is 23.5. The van der Waals surface area contributed by atoms with Gasteiger partial charge in [-0.1, -0.05) is 27.4 Å². The van der Waals surface area contributed by atoms with Crippen molar-refractivity contribution >= 4 is 17.9 Å². The number of carbonyl (C=O) groups excluding carboxylic acids is 3. The number of carbonyl (C=O) groups is 3. The summed E-state index contributed by atoms with van der Waals surface area (Å²) >= 11 is 0. The van der Waals surface area contributed by atoms with Crippen molar-refractivity contribution in [1.82, 2.24) is 0 Å². The number of ether oxygens (including phenoxy) is 6. The number of hydrogen-bond donors (Lipinski definition) is 1. The Morgan fingerprint density at radius 2 is 1.63 bits per heavy atom. The van der Waals surface area contributed by atoms with Crippen molar-refractivity contribution in [3.8, 4) is 0 Å². The third-order valence-electron chi connectivity index (χ3n) is 9.54. The van der Waals surface area contributed by atoms with Crippen LogP contribution in [0.1, 0.15) is 60.8 Å². The Bertz CT molecular complexity index is 1060. The molecule has 9 atom stereocenters. The van der Waals surface area contributed by atoms with Gasteiger partial charge in [0.2, 0.25) is 0 Å². The lowest BCUT2D eigenvalue weighted by molar-refractivity contribution is -0.348. The van der Waals surface area contributed by atoms with E-state index >= 15 is 0 Å². The molecular formula is C28H40O10. The van der Waals surface area contributed by atoms with Gasteiger partial charge >= 0.3 is 17.9 Å². The smallest absolute Gasteiger partial charge is 0.303 e. The molecule has 1 aliphatic heterocycles. The van der Waals surface area contributed by atoms with Gasteiger partial charge in [0.25, 0.3) is 0 Å². The van der Waals surface area contributed by atoms with Gasteiger partial charge in [-0.15, -0.1) is 0 Å². The van der Waals surface area contributed by atoms with Crippen LogP contribution in [0, 0.1) is 22.7 Å². The van der Waals surface area contributed by atoms with E-state index in [-0.39, 0.29) is 6.42 Å². The second-order valence-corrected chi connectivity index (χ2v) is 11.8. The Morgan fingerprint density at radius 1 is 1.03 bits per heavy atom. The van der Waals surface area contributed by atoms with Crippen LogP contribution in [0.5, 0.6) is 0 Å². The maximum Gasteiger partial charge on any atom is 0.303 e. The highest BCUT2D eigenvalue weighted by molar-refractivity contribution is 5.68. The van der Waals surface area contributed by atoms with Crippen molar-refractivity contribution in [3.05, 3.63) is 23.8 Å². The lowest BCUT2D eigenvalue weighted by atomic mass is 9.39. The van der Waals surface area contributed by atoms with Crippen molar-refractivity contribution in [2.45, 2.75) is 96.8 Å². The lowest BCUT2D eigenvalue weighted by Crippen LogP contribution is -2.80. The number of esters is 3. The first-order valence-electron chi connectivity index (χ1n) is 13.0. The molecule has 0 aromatic carbocycles. The number of hydrogen-bond acceptors (Lipinski definition) is 10. The Balaban J connectivity index is 2.02. The molecule has 3 fully saturated rings. The molecule has 0 aromatic heterocycles. The Morgan fingerprint density at radius 3 is 2.16 bits per heavy atom. The Hall–Kier alpha value is -2.27. The van der Waals surface area contributed by atoms with E-state index in [4.69, 9.17) is 28.4 Å². The third kappa shape index (κ3) is 3.86. The molecule has 0 amide bonds. The van der Waals surface area contributed by atoms with E-state index in [1.807, 2.05) is 20.8 Å². The number of aliphatic hydroxyl groups is 1. The summed E-state index contributed by atoms with van der Waals surface area (Å²) < 4.78 is 35.3. The first-order valence-corrected chi connectivity index (χ1v) is 13.0. The number of methoxy groups -OCH3 is 2. The third-order valence-corrected chi connectivity index (χ3v) is 9.54. The van der Waals surface area contributed by atoms with Crippen LogP contribution in [-0.2, 0) is 42.8 Å². The van der Waals surface area contributed by atoms with Crippen LogP contribution >= 0.6 is 0 Å². The molecule has 38 heavy (non-hydrogen) atoms. The van der Waals surface area contributed by atoms with Crippen molar-refractivity contribution in [1.29, 1.82) is 0 Å². The fourth-order valence-electron chi connectivity index (χ4n) is 7.90. The van der Waals surface area contributed by atoms with Gasteiger partial charge in [-0.25, -0.2) is 0 Å². The minimum atomic E-state index is -1.79. The van der Waals surface area contributed by atoms with Crippen molar-refractivity contribution in [3.63, 3.8) is 0 Å². The molecule has 3 saturated carbocycles. The van der Waals surface area contributed by atoms with Gasteiger partial charge in [-0.2, -0.15) is 0 Å². The van der Waals surface area contributed by atoms with Crippen molar-refractivity contribution in [2.24, 2.45) is 22.7 Å². The zero-order chi connectivity index (χ0) is 28.4. The molecule has 1 heterocycles. The Kier molecular flexibility index (Phi) is 7.13. The standard InChI is InChI=1S/C28H40O10/c1-14-18-12-21(33-8)38-27(18,34-9)13-19-22(14)23(36-16(3)30)24(37-17(4)31)28(32)25(5,6)11-10-20(26(19,28)7)35-15(2)29/h12,19-24,32H,1,10-11,13H2,2-9H3. The van der Waals surface area contributed by atoms with Gasteiger partial charge in [0.15, 0.2) is 18.2 Å². The molecular weight excluding hydrogens is 496 g/mol. The van der Waals surface area contributed by atoms with E-state index in [0.717, 1.165) is 0 Å². The molecule has 212 valence electrons. The van der Waals surface area contributed by atoms with E-state index in [1.54, 1.807) is 6.08 Å². The van der Waals surface area contributed by atoms with Gasteiger partial charge < -0.3 is 33.5 Å². The molecule has 10 nitrogen and oxygen atoms in total. The van der Waals surface area contributed by atoms with Gasteiger partial charge in [0.1, 0.15) is 17.8 Å². The molecule has 4 rings (SSSR count). The van der Waals surface area contributed by atoms with E-state index in [9.17, 15) is 19.5 Å². The quantitative estimate of drug-likeness (QED) is 0.414. The van der Waals surface area contributed by atoms with Crippen molar-refractivity contribution < 1.29 is 47.9 Å². The van der Waals surface area contributed by atoms with E-state index < -0.39 is 76.6 Å². The predicted octanol–water partition coefficient (Wildman–Crippen LogP) is 2.82. The molecule has 0 radical (unpaired) electrons. The SMILES string of the molecule is C=C1C2=CC(OC)OC2(OC)CC2C1C(OC(C)=O)C(OC(C)=O)C1(O)C(C)(C)CCC(OC(C)=O)C21C. The van der Waals surface area contributed by atoms with Gasteiger partial charge in [0, 0.05) is 58.3 Å². The van der Waals surface area contributed by atoms with Crippen LogP contribution in [0.25, 0.3) is 0 Å². The molecule has 9 unspecified atom stereocenters. The molecule has 0 aromatic rings. The van der Waals surface area contributed by atoms with Crippen LogP contribution in [0.4, 0.5) is 0 Å². The van der Waals surface area contributed by atoms with Gasteiger partial charge in [-0.05, 0) is 35.8 Å². The summed E-state index contributed by atoms with van der Waals surface area (Å²) in [6.45, 7) is 13.9. The van der Waals surface area contributed by atoms with Crippen LogP contribution in [-0.4, -0.2) is 73.2 Å². The highest BCUT2D eigenvalue weighted by atomic mass is 16.8. The predicted molar refractivity (Wildman–Crippen MR) is 133 cm³/mol. The summed E-state index contributed by atoms with van der Waals surface area (Å²) in [4.78, 5) is 37.3. The van der Waals surface area contributed by atoms with Gasteiger partial charge in [-0.3, -0.25) is 14.4 Å². The average molecular weight is 537 g/mol. The molecule has 1 N–H and O–H groups in total. The molecule has 10 heteroatoms. The molecule has 3 aliphatic carbocycles. The van der Waals surface area contributed by atoms with E-state index in [0.29, 0.717) is 24.0 Å². The summed E-state index contributed by atoms with van der Waals surface area (Å²) in [5.74, 6) is -4.12. The zero-order valence-corrected chi connectivity index (χ0v) is 23.5. The largest absolute Gasteiger partial charge is 0.462 e. The highest BCUT2D eigenvalue weighted by Crippen LogP contribution is 2.70. The number of fused-ring (bicyclic) bond motifs is 4. The van der Waals surface area contributed by atoms with Gasteiger partial charge in [0.05, 0.1) is 0 Å². The fraction of sp³-hybridized carbons (Fsp3) is 0.750. The van der Waals surface area contributed by atoms with Crippen LogP contribution in [0.3, 0.4) is 0 Å². The Labute approximate surface area is 223 Å². The van der Waals surface area contributed by atoms with E-state index in [2.05, 4.69) is 6.58 Å². The first kappa shape index (κ1) is 28.7. The normalized spacial score (nSPS) is 43.2. The fourth-order valence-corrected chi connectivity index (χ4v) is 7.90. The maximum atomic E-state index is 13.0. The average Bonchev–Trinajstić information content (AvgIpc) is 3.21. The van der Waals surface area contributed by atoms with Crippen molar-refractivity contribution in [2.75, 3.05) is 14.2 Å².